The topological polar surface area (TPSA) is 35.2 Å². The van der Waals surface area contributed by atoms with Crippen LogP contribution in [0.2, 0.25) is 0 Å². The van der Waals surface area contributed by atoms with Gasteiger partial charge in [0, 0.05) is 17.5 Å². The fourth-order valence-corrected chi connectivity index (χ4v) is 3.25. The van der Waals surface area contributed by atoms with Crippen molar-refractivity contribution in [2.45, 2.75) is 6.10 Å². The lowest BCUT2D eigenvalue weighted by Gasteiger charge is -2.17. The molecule has 2 rings (SSSR count). The van der Waals surface area contributed by atoms with Gasteiger partial charge >= 0.3 is 0 Å². The molecule has 0 aliphatic rings. The Bertz CT molecular complexity index is 547. The van der Waals surface area contributed by atoms with Crippen molar-refractivity contribution in [3.8, 4) is 5.75 Å². The van der Waals surface area contributed by atoms with Gasteiger partial charge in [0.05, 0.1) is 8.26 Å². The summed E-state index contributed by atoms with van der Waals surface area (Å²) in [6, 6.07) is 8.21. The van der Waals surface area contributed by atoms with Crippen LogP contribution in [0, 0.1) is 5.82 Å². The van der Waals surface area contributed by atoms with E-state index in [0.29, 0.717) is 16.8 Å². The second-order valence-corrected chi connectivity index (χ2v) is 6.91. The van der Waals surface area contributed by atoms with Gasteiger partial charge in [-0.2, -0.15) is 0 Å². The van der Waals surface area contributed by atoms with E-state index in [1.165, 1.54) is 12.1 Å². The van der Waals surface area contributed by atoms with E-state index in [4.69, 9.17) is 10.5 Å². The number of rotatable bonds is 4. The molecule has 0 bridgehead atoms. The number of ether oxygens (including phenoxy) is 1. The summed E-state index contributed by atoms with van der Waals surface area (Å²) in [4.78, 5) is 1.00. The SMILES string of the molecule is NCC(Oc1cc(F)ccc1Br)c1ccc(Br)s1. The molecule has 1 heterocycles. The third-order valence-electron chi connectivity index (χ3n) is 2.29. The summed E-state index contributed by atoms with van der Waals surface area (Å²) >= 11 is 8.27. The number of benzene rings is 1. The summed E-state index contributed by atoms with van der Waals surface area (Å²) in [5.74, 6) is 0.117. The lowest BCUT2D eigenvalue weighted by molar-refractivity contribution is 0.215. The molecule has 1 aromatic carbocycles. The average molecular weight is 395 g/mol. The minimum absolute atomic E-state index is 0.278. The zero-order chi connectivity index (χ0) is 13.1. The summed E-state index contributed by atoms with van der Waals surface area (Å²) in [5.41, 5.74) is 5.71. The van der Waals surface area contributed by atoms with Gasteiger partial charge in [0.2, 0.25) is 0 Å². The maximum absolute atomic E-state index is 13.2. The fourth-order valence-electron chi connectivity index (χ4n) is 1.44. The van der Waals surface area contributed by atoms with E-state index in [9.17, 15) is 4.39 Å². The molecule has 18 heavy (non-hydrogen) atoms. The Morgan fingerprint density at radius 2 is 2.06 bits per heavy atom. The molecule has 2 aromatic rings. The van der Waals surface area contributed by atoms with Crippen LogP contribution in [0.4, 0.5) is 4.39 Å². The molecule has 6 heteroatoms. The molecule has 1 atom stereocenters. The Labute approximate surface area is 125 Å². The minimum Gasteiger partial charge on any atom is -0.482 e. The predicted molar refractivity (Wildman–Crippen MR) is 78.5 cm³/mol. The van der Waals surface area contributed by atoms with Crippen molar-refractivity contribution in [2.75, 3.05) is 6.54 Å². The zero-order valence-corrected chi connectivity index (χ0v) is 13.2. The molecule has 1 aromatic heterocycles. The molecule has 0 aliphatic heterocycles. The first-order chi connectivity index (χ1) is 8.60. The van der Waals surface area contributed by atoms with Crippen LogP contribution in [0.1, 0.15) is 11.0 Å². The van der Waals surface area contributed by atoms with Gasteiger partial charge < -0.3 is 10.5 Å². The summed E-state index contributed by atoms with van der Waals surface area (Å²) in [6.45, 7) is 0.329. The van der Waals surface area contributed by atoms with Crippen LogP contribution in [-0.4, -0.2) is 6.54 Å². The van der Waals surface area contributed by atoms with Crippen LogP contribution < -0.4 is 10.5 Å². The Hall–Kier alpha value is -0.430. The Morgan fingerprint density at radius 3 is 2.67 bits per heavy atom. The number of hydrogen-bond acceptors (Lipinski definition) is 3. The predicted octanol–water partition coefficient (Wildman–Crippen LogP) is 4.49. The van der Waals surface area contributed by atoms with Crippen LogP contribution in [-0.2, 0) is 0 Å². The van der Waals surface area contributed by atoms with Crippen molar-refractivity contribution in [3.63, 3.8) is 0 Å². The molecular weight excluding hydrogens is 385 g/mol. The summed E-state index contributed by atoms with van der Waals surface area (Å²) in [7, 11) is 0. The first-order valence-corrected chi connectivity index (χ1v) is 7.57. The van der Waals surface area contributed by atoms with Gasteiger partial charge in [0.25, 0.3) is 0 Å². The molecular formula is C12H10Br2FNOS. The molecule has 0 radical (unpaired) electrons. The fraction of sp³-hybridized carbons (Fsp3) is 0.167. The van der Waals surface area contributed by atoms with E-state index in [1.54, 1.807) is 17.4 Å². The highest BCUT2D eigenvalue weighted by molar-refractivity contribution is 9.11. The van der Waals surface area contributed by atoms with E-state index in [0.717, 1.165) is 8.66 Å². The van der Waals surface area contributed by atoms with E-state index in [1.807, 2.05) is 12.1 Å². The standard InChI is InChI=1S/C12H10Br2FNOS/c13-8-2-1-7(15)5-9(8)17-10(6-16)11-3-4-12(14)18-11/h1-5,10H,6,16H2. The molecule has 1 unspecified atom stereocenters. The number of hydrogen-bond donors (Lipinski definition) is 1. The first-order valence-electron chi connectivity index (χ1n) is 5.17. The van der Waals surface area contributed by atoms with Crippen molar-refractivity contribution in [1.29, 1.82) is 0 Å². The van der Waals surface area contributed by atoms with Gasteiger partial charge in [0.15, 0.2) is 0 Å². The quantitative estimate of drug-likeness (QED) is 0.828. The Morgan fingerprint density at radius 1 is 1.28 bits per heavy atom. The van der Waals surface area contributed by atoms with Gasteiger partial charge in [-0.05, 0) is 56.1 Å². The third kappa shape index (κ3) is 3.32. The number of halogens is 3. The molecule has 2 nitrogen and oxygen atoms in total. The molecule has 0 spiro atoms. The highest BCUT2D eigenvalue weighted by Gasteiger charge is 2.15. The third-order valence-corrected chi connectivity index (χ3v) is 4.66. The smallest absolute Gasteiger partial charge is 0.145 e. The monoisotopic (exact) mass is 393 g/mol. The lowest BCUT2D eigenvalue weighted by atomic mass is 10.3. The minimum atomic E-state index is -0.337. The van der Waals surface area contributed by atoms with Gasteiger partial charge in [-0.3, -0.25) is 0 Å². The van der Waals surface area contributed by atoms with E-state index in [-0.39, 0.29) is 11.9 Å². The van der Waals surface area contributed by atoms with Crippen LogP contribution >= 0.6 is 43.2 Å². The maximum atomic E-state index is 13.2. The van der Waals surface area contributed by atoms with Crippen molar-refractivity contribution < 1.29 is 9.13 Å². The van der Waals surface area contributed by atoms with E-state index < -0.39 is 0 Å². The zero-order valence-electron chi connectivity index (χ0n) is 9.20. The van der Waals surface area contributed by atoms with E-state index >= 15 is 0 Å². The van der Waals surface area contributed by atoms with Crippen LogP contribution in [0.3, 0.4) is 0 Å². The summed E-state index contributed by atoms with van der Waals surface area (Å²) in [5, 5.41) is 0. The number of nitrogens with two attached hydrogens (primary N) is 1. The molecule has 0 saturated heterocycles. The number of thiophene rings is 1. The van der Waals surface area contributed by atoms with Crippen molar-refractivity contribution >= 4 is 43.2 Å². The lowest BCUT2D eigenvalue weighted by Crippen LogP contribution is -2.17. The Kier molecular flexibility index (Phi) is 4.77. The van der Waals surface area contributed by atoms with Crippen molar-refractivity contribution in [2.24, 2.45) is 5.73 Å². The second kappa shape index (κ2) is 6.14. The Balaban J connectivity index is 2.22. The highest BCUT2D eigenvalue weighted by Crippen LogP contribution is 2.33. The van der Waals surface area contributed by atoms with Crippen molar-refractivity contribution in [1.82, 2.24) is 0 Å². The van der Waals surface area contributed by atoms with Gasteiger partial charge in [-0.15, -0.1) is 11.3 Å². The van der Waals surface area contributed by atoms with Crippen LogP contribution in [0.15, 0.2) is 38.6 Å². The van der Waals surface area contributed by atoms with Crippen LogP contribution in [0.25, 0.3) is 0 Å². The van der Waals surface area contributed by atoms with Gasteiger partial charge in [-0.1, -0.05) is 0 Å². The first kappa shape index (κ1) is 14.0. The average Bonchev–Trinajstić information content (AvgIpc) is 2.77. The summed E-state index contributed by atoms with van der Waals surface area (Å²) in [6.07, 6.45) is -0.278. The summed E-state index contributed by atoms with van der Waals surface area (Å²) < 4.78 is 20.6. The maximum Gasteiger partial charge on any atom is 0.145 e. The molecule has 2 N–H and O–H groups in total. The normalized spacial score (nSPS) is 12.4. The van der Waals surface area contributed by atoms with Crippen LogP contribution in [0.5, 0.6) is 5.75 Å². The second-order valence-electron chi connectivity index (χ2n) is 3.56. The highest BCUT2D eigenvalue weighted by atomic mass is 79.9. The molecule has 0 amide bonds. The van der Waals surface area contributed by atoms with E-state index in [2.05, 4.69) is 31.9 Å². The molecule has 0 aliphatic carbocycles. The molecule has 96 valence electrons. The molecule has 0 fully saturated rings. The van der Waals surface area contributed by atoms with Gasteiger partial charge in [-0.25, -0.2) is 4.39 Å². The largest absolute Gasteiger partial charge is 0.482 e. The van der Waals surface area contributed by atoms with Gasteiger partial charge in [0.1, 0.15) is 17.7 Å². The van der Waals surface area contributed by atoms with Crippen molar-refractivity contribution in [3.05, 3.63) is 49.3 Å². The molecule has 0 saturated carbocycles.